The third-order valence-corrected chi connectivity index (χ3v) is 3.23. The molecule has 0 saturated heterocycles. The molecule has 2 N–H and O–H groups in total. The van der Waals surface area contributed by atoms with Gasteiger partial charge in [-0.05, 0) is 13.3 Å². The first-order valence-electron chi connectivity index (χ1n) is 5.56. The molecule has 0 heterocycles. The Morgan fingerprint density at radius 1 is 1.05 bits per heavy atom. The Hall–Kier alpha value is -0.380. The maximum Gasteiger partial charge on any atom is 0.470 e. The van der Waals surface area contributed by atoms with Crippen molar-refractivity contribution in [1.82, 2.24) is 0 Å². The summed E-state index contributed by atoms with van der Waals surface area (Å²) >= 11 is 0. The molecule has 0 aliphatic heterocycles. The van der Waals surface area contributed by atoms with Crippen molar-refractivity contribution in [2.45, 2.75) is 56.7 Å². The Kier molecular flexibility index (Phi) is 5.91. The molecular formula is C9H14F7O4P. The van der Waals surface area contributed by atoms with Crippen LogP contribution < -0.4 is 0 Å². The average molecular weight is 350 g/mol. The second-order valence-corrected chi connectivity index (χ2v) is 5.80. The zero-order chi connectivity index (χ0) is 17.3. The van der Waals surface area contributed by atoms with Gasteiger partial charge in [-0.1, -0.05) is 13.3 Å². The fourth-order valence-corrected chi connectivity index (χ4v) is 2.48. The SMILES string of the molecule is CCCC(C)(OP(=O)(O)O)C(F)(F)C(F)(F)CC(F)(F)F. The largest absolute Gasteiger partial charge is 0.470 e. The van der Waals surface area contributed by atoms with Crippen LogP contribution in [0, 0.1) is 0 Å². The summed E-state index contributed by atoms with van der Waals surface area (Å²) in [5.41, 5.74) is -3.46. The summed E-state index contributed by atoms with van der Waals surface area (Å²) in [7, 11) is -5.63. The van der Waals surface area contributed by atoms with Gasteiger partial charge in [-0.15, -0.1) is 0 Å². The summed E-state index contributed by atoms with van der Waals surface area (Å²) in [6.07, 6.45) is -10.0. The summed E-state index contributed by atoms with van der Waals surface area (Å²) in [5.74, 6) is -11.0. The molecule has 0 amide bonds. The second kappa shape index (κ2) is 6.02. The minimum Gasteiger partial charge on any atom is -0.303 e. The first-order valence-corrected chi connectivity index (χ1v) is 7.09. The number of alkyl halides is 7. The van der Waals surface area contributed by atoms with Gasteiger partial charge < -0.3 is 9.79 Å². The van der Waals surface area contributed by atoms with E-state index in [2.05, 4.69) is 4.52 Å². The maximum absolute atomic E-state index is 13.8. The lowest BCUT2D eigenvalue weighted by Crippen LogP contribution is -2.59. The van der Waals surface area contributed by atoms with Crippen LogP contribution in [0.4, 0.5) is 30.7 Å². The van der Waals surface area contributed by atoms with Crippen molar-refractivity contribution in [2.24, 2.45) is 0 Å². The molecule has 0 fully saturated rings. The fourth-order valence-electron chi connectivity index (χ4n) is 1.75. The van der Waals surface area contributed by atoms with E-state index in [0.29, 0.717) is 0 Å². The first-order chi connectivity index (χ1) is 8.97. The van der Waals surface area contributed by atoms with Crippen molar-refractivity contribution in [2.75, 3.05) is 0 Å². The molecule has 0 aromatic carbocycles. The topological polar surface area (TPSA) is 66.8 Å². The minimum absolute atomic E-state index is 0.236. The molecule has 1 atom stereocenters. The van der Waals surface area contributed by atoms with Crippen LogP contribution in [0.3, 0.4) is 0 Å². The van der Waals surface area contributed by atoms with Crippen LogP contribution in [-0.2, 0) is 9.09 Å². The molecule has 0 bridgehead atoms. The molecule has 0 aromatic rings. The van der Waals surface area contributed by atoms with Gasteiger partial charge in [0.25, 0.3) is 0 Å². The summed E-state index contributed by atoms with van der Waals surface area (Å²) in [6.45, 7) is 1.44. The monoisotopic (exact) mass is 350 g/mol. The van der Waals surface area contributed by atoms with Crippen molar-refractivity contribution >= 4 is 7.82 Å². The first kappa shape index (κ1) is 20.6. The summed E-state index contributed by atoms with van der Waals surface area (Å²) in [5, 5.41) is 0. The van der Waals surface area contributed by atoms with E-state index in [1.165, 1.54) is 6.92 Å². The Labute approximate surface area is 115 Å². The molecule has 0 rings (SSSR count). The highest BCUT2D eigenvalue weighted by molar-refractivity contribution is 7.46. The molecule has 0 saturated carbocycles. The van der Waals surface area contributed by atoms with Crippen LogP contribution in [0.1, 0.15) is 33.1 Å². The van der Waals surface area contributed by atoms with Crippen LogP contribution >= 0.6 is 7.82 Å². The van der Waals surface area contributed by atoms with E-state index in [9.17, 15) is 35.3 Å². The van der Waals surface area contributed by atoms with Gasteiger partial charge >= 0.3 is 25.8 Å². The lowest BCUT2D eigenvalue weighted by Gasteiger charge is -2.40. The Morgan fingerprint density at radius 2 is 1.48 bits per heavy atom. The average Bonchev–Trinajstić information content (AvgIpc) is 2.09. The lowest BCUT2D eigenvalue weighted by molar-refractivity contribution is -0.311. The number of phosphoric ester groups is 1. The van der Waals surface area contributed by atoms with Gasteiger partial charge in [0.2, 0.25) is 0 Å². The highest BCUT2D eigenvalue weighted by Crippen LogP contribution is 2.55. The number of phosphoric acid groups is 1. The van der Waals surface area contributed by atoms with E-state index in [0.717, 1.165) is 0 Å². The standard InChI is InChI=1S/C9H14F7O4P/c1-3-4-6(2,20-21(17,18)19)9(15,16)7(10,11)5-8(12,13)14/h3-5H2,1-2H3,(H2,17,18,19). The highest BCUT2D eigenvalue weighted by Gasteiger charge is 2.70. The van der Waals surface area contributed by atoms with Gasteiger partial charge in [0.15, 0.2) is 0 Å². The van der Waals surface area contributed by atoms with Gasteiger partial charge in [-0.3, -0.25) is 4.52 Å². The van der Waals surface area contributed by atoms with Gasteiger partial charge in [0.05, 0.1) is 0 Å². The van der Waals surface area contributed by atoms with Crippen molar-refractivity contribution in [3.05, 3.63) is 0 Å². The van der Waals surface area contributed by atoms with Crippen LogP contribution in [0.5, 0.6) is 0 Å². The van der Waals surface area contributed by atoms with Gasteiger partial charge in [-0.25, -0.2) is 4.57 Å². The normalized spacial score (nSPS) is 17.7. The number of halogens is 7. The molecule has 21 heavy (non-hydrogen) atoms. The molecule has 12 heteroatoms. The summed E-state index contributed by atoms with van der Waals surface area (Å²) < 4.78 is 104. The molecule has 0 aliphatic rings. The predicted molar refractivity (Wildman–Crippen MR) is 57.0 cm³/mol. The lowest BCUT2D eigenvalue weighted by atomic mass is 9.87. The maximum atomic E-state index is 13.8. The Bertz CT molecular complexity index is 405. The Balaban J connectivity index is 5.70. The summed E-state index contributed by atoms with van der Waals surface area (Å²) in [4.78, 5) is 17.1. The number of hydrogen-bond donors (Lipinski definition) is 2. The minimum atomic E-state index is -5.63. The number of hydrogen-bond acceptors (Lipinski definition) is 2. The molecule has 4 nitrogen and oxygen atoms in total. The predicted octanol–water partition coefficient (Wildman–Crippen LogP) is 3.88. The van der Waals surface area contributed by atoms with E-state index < -0.39 is 44.3 Å². The van der Waals surface area contributed by atoms with Crippen molar-refractivity contribution in [3.63, 3.8) is 0 Å². The van der Waals surface area contributed by atoms with Crippen molar-refractivity contribution in [3.8, 4) is 0 Å². The van der Waals surface area contributed by atoms with Crippen LogP contribution in [0.2, 0.25) is 0 Å². The summed E-state index contributed by atoms with van der Waals surface area (Å²) in [6, 6.07) is 0. The molecule has 0 aromatic heterocycles. The van der Waals surface area contributed by atoms with Gasteiger partial charge in [0.1, 0.15) is 12.0 Å². The van der Waals surface area contributed by atoms with E-state index in [4.69, 9.17) is 9.79 Å². The van der Waals surface area contributed by atoms with Crippen LogP contribution in [0.15, 0.2) is 0 Å². The molecule has 0 spiro atoms. The highest BCUT2D eigenvalue weighted by atomic mass is 31.2. The van der Waals surface area contributed by atoms with Crippen molar-refractivity contribution < 1.29 is 49.6 Å². The van der Waals surface area contributed by atoms with Crippen LogP contribution in [0.25, 0.3) is 0 Å². The molecule has 128 valence electrons. The molecule has 0 radical (unpaired) electrons. The second-order valence-electron chi connectivity index (χ2n) is 4.63. The quantitative estimate of drug-likeness (QED) is 0.540. The van der Waals surface area contributed by atoms with Crippen LogP contribution in [-0.4, -0.2) is 33.4 Å². The van der Waals surface area contributed by atoms with E-state index in [-0.39, 0.29) is 13.3 Å². The molecule has 1 unspecified atom stereocenters. The van der Waals surface area contributed by atoms with Crippen molar-refractivity contribution in [1.29, 1.82) is 0 Å². The van der Waals surface area contributed by atoms with E-state index >= 15 is 0 Å². The zero-order valence-electron chi connectivity index (χ0n) is 10.9. The number of rotatable bonds is 7. The zero-order valence-corrected chi connectivity index (χ0v) is 11.8. The Morgan fingerprint density at radius 3 is 1.76 bits per heavy atom. The fraction of sp³-hybridized carbons (Fsp3) is 1.00. The molecule has 0 aliphatic carbocycles. The molecular weight excluding hydrogens is 336 g/mol. The van der Waals surface area contributed by atoms with Gasteiger partial charge in [-0.2, -0.15) is 30.7 Å². The third-order valence-electron chi connectivity index (χ3n) is 2.59. The van der Waals surface area contributed by atoms with Gasteiger partial charge in [0, 0.05) is 0 Å². The van der Waals surface area contributed by atoms with E-state index in [1.807, 2.05) is 0 Å². The van der Waals surface area contributed by atoms with E-state index in [1.54, 1.807) is 0 Å². The third kappa shape index (κ3) is 5.39. The smallest absolute Gasteiger partial charge is 0.303 e.